The van der Waals surface area contributed by atoms with Crippen molar-refractivity contribution in [1.29, 1.82) is 0 Å². The van der Waals surface area contributed by atoms with Crippen LogP contribution >= 0.6 is 0 Å². The van der Waals surface area contributed by atoms with E-state index in [0.717, 1.165) is 44.9 Å². The third kappa shape index (κ3) is 19.1. The minimum atomic E-state index is -1.96. The van der Waals surface area contributed by atoms with Crippen molar-refractivity contribution in [3.63, 3.8) is 0 Å². The van der Waals surface area contributed by atoms with Crippen molar-refractivity contribution in [2.24, 2.45) is 23.7 Å². The minimum Gasteiger partial charge on any atom is -0.467 e. The lowest BCUT2D eigenvalue weighted by atomic mass is 9.89. The van der Waals surface area contributed by atoms with E-state index in [4.69, 9.17) is 49.1 Å². The number of hydrogen-bond donors (Lipinski definition) is 3. The summed E-state index contributed by atoms with van der Waals surface area (Å²) in [7, 11) is 6.81. The van der Waals surface area contributed by atoms with E-state index in [1.165, 1.54) is 32.2 Å². The first kappa shape index (κ1) is 74.5. The van der Waals surface area contributed by atoms with Gasteiger partial charge in [-0.05, 0) is 49.1 Å². The third-order valence-corrected chi connectivity index (χ3v) is 16.3. The van der Waals surface area contributed by atoms with Gasteiger partial charge in [-0.3, -0.25) is 48.6 Å². The molecule has 2 aliphatic rings. The fourth-order valence-corrected chi connectivity index (χ4v) is 11.5. The molecule has 90 heavy (non-hydrogen) atoms. The number of carbonyl (C=O) groups is 9. The number of ether oxygens (including phenoxy) is 9. The van der Waals surface area contributed by atoms with Gasteiger partial charge in [0.2, 0.25) is 36.0 Å². The summed E-state index contributed by atoms with van der Waals surface area (Å²) in [4.78, 5) is 138. The zero-order chi connectivity index (χ0) is 67.6. The van der Waals surface area contributed by atoms with Gasteiger partial charge in [0.15, 0.2) is 24.1 Å². The van der Waals surface area contributed by atoms with Crippen molar-refractivity contribution in [1.82, 2.24) is 25.3 Å². The number of methoxy groups -OCH3 is 3. The molecule has 0 aliphatic carbocycles. The minimum absolute atomic E-state index is 0.0262. The number of amides is 5. The molecule has 0 saturated carbocycles. The van der Waals surface area contributed by atoms with E-state index in [1.54, 1.807) is 77.8 Å². The molecule has 5 amide bonds. The quantitative estimate of drug-likeness (QED) is 0.0300. The highest BCUT2D eigenvalue weighted by Crippen LogP contribution is 2.38. The Kier molecular flexibility index (Phi) is 28.4. The second-order valence-corrected chi connectivity index (χ2v) is 23.3. The molecule has 0 aromatic heterocycles. The molecule has 2 aliphatic heterocycles. The smallest absolute Gasteiger partial charge is 0.410 e. The van der Waals surface area contributed by atoms with Crippen molar-refractivity contribution in [3.8, 4) is 18.1 Å². The molecule has 3 N–H and O–H groups in total. The maximum Gasteiger partial charge on any atom is 0.410 e. The van der Waals surface area contributed by atoms with Crippen molar-refractivity contribution in [3.05, 3.63) is 69.8 Å². The Morgan fingerprint density at radius 2 is 1.42 bits per heavy atom. The van der Waals surface area contributed by atoms with Gasteiger partial charge in [0.25, 0.3) is 0 Å². The van der Waals surface area contributed by atoms with Gasteiger partial charge in [-0.15, -0.1) is 12.3 Å². The van der Waals surface area contributed by atoms with Crippen LogP contribution in [0.4, 0.5) is 10.5 Å². The lowest BCUT2D eigenvalue weighted by Gasteiger charge is -2.43. The maximum atomic E-state index is 14.9. The second kappa shape index (κ2) is 34.3. The molecule has 27 heteroatoms. The number of aliphatic hydroxyl groups excluding tert-OH is 1. The molecule has 498 valence electrons. The van der Waals surface area contributed by atoms with Crippen LogP contribution in [-0.2, 0) is 76.3 Å². The van der Waals surface area contributed by atoms with Crippen LogP contribution in [0.25, 0.3) is 0 Å². The molecule has 2 aromatic carbocycles. The lowest BCUT2D eigenvalue weighted by Crippen LogP contribution is -2.64. The van der Waals surface area contributed by atoms with Gasteiger partial charge in [0.1, 0.15) is 18.2 Å². The van der Waals surface area contributed by atoms with Crippen LogP contribution in [0.15, 0.2) is 48.5 Å². The monoisotopic (exact) mass is 1270 g/mol. The summed E-state index contributed by atoms with van der Waals surface area (Å²) < 4.78 is 50.4. The Morgan fingerprint density at radius 3 is 1.96 bits per heavy atom. The van der Waals surface area contributed by atoms with Crippen LogP contribution in [0, 0.1) is 46.1 Å². The van der Waals surface area contributed by atoms with Gasteiger partial charge in [0, 0.05) is 67.3 Å². The molecule has 2 fully saturated rings. The number of esters is 4. The van der Waals surface area contributed by atoms with Crippen LogP contribution in [0.2, 0.25) is 0 Å². The van der Waals surface area contributed by atoms with E-state index in [2.05, 4.69) is 16.6 Å². The topological polar surface area (TPSA) is 334 Å². The zero-order valence-corrected chi connectivity index (χ0v) is 54.2. The third-order valence-electron chi connectivity index (χ3n) is 16.3. The van der Waals surface area contributed by atoms with E-state index in [0.29, 0.717) is 31.4 Å². The predicted octanol–water partition coefficient (Wildman–Crippen LogP) is 5.12. The number of aliphatic hydroxyl groups is 1. The number of nitro benzene ring substituents is 1. The Hall–Kier alpha value is -7.93. The van der Waals surface area contributed by atoms with Crippen LogP contribution in [0.1, 0.15) is 132 Å². The molecule has 27 nitrogen and oxygen atoms in total. The summed E-state index contributed by atoms with van der Waals surface area (Å²) in [6.07, 6.45) is -7.14. The fraction of sp³-hybridized carbons (Fsp3) is 0.635. The molecule has 0 spiro atoms. The molecule has 0 radical (unpaired) electrons. The average molecular weight is 1270 g/mol. The van der Waals surface area contributed by atoms with E-state index in [9.17, 15) is 58.4 Å². The average Bonchev–Trinajstić information content (AvgIpc) is 0.881. The van der Waals surface area contributed by atoms with Crippen molar-refractivity contribution >= 4 is 59.3 Å². The Balaban J connectivity index is 1.56. The van der Waals surface area contributed by atoms with Gasteiger partial charge < -0.3 is 68.2 Å². The van der Waals surface area contributed by atoms with Crippen molar-refractivity contribution in [2.75, 3.05) is 42.0 Å². The van der Waals surface area contributed by atoms with E-state index in [1.807, 2.05) is 19.9 Å². The molecule has 2 aromatic rings. The number of carbonyl (C=O) groups excluding carboxylic acids is 9. The standard InChI is InChI=1S/C63H90N6O21/c1-18-24-45(42-28-29-46(44(31-42)69(80)81)88-62-57(87-40(12)72)55(86-39(11)71)54(85-38(10)70)56(90-62)61(78)84-17)89-63(79)67(14)50(34(5)6)59(76)65-49(33(3)4)60(77)66(13)51(35(7)19-2)47(82-15)32-48(73)68-30-23-27-43(68)53(83-16)36(8)58(75)64-37(9)52(74)41-25-21-20-22-26-41/h1,20-22,25-26,28-29,31,33-37,43,45,47,49-57,62,74H,19,23-24,27,30,32H2,2-17H3,(H,64,75)(H,65,76)/t35-,36+,37+,43-,45?,47+,49-,50-,51-,52+,53+,54-,55-,56-,57+,62+/m0/s1. The number of rotatable bonds is 30. The van der Waals surface area contributed by atoms with E-state index < -0.39 is 161 Å². The van der Waals surface area contributed by atoms with Gasteiger partial charge in [0.05, 0.1) is 67.2 Å². The van der Waals surface area contributed by atoms with Crippen molar-refractivity contribution < 1.29 is 95.8 Å². The lowest BCUT2D eigenvalue weighted by molar-refractivity contribution is -0.387. The first-order chi connectivity index (χ1) is 42.4. The predicted molar refractivity (Wildman–Crippen MR) is 322 cm³/mol. The Morgan fingerprint density at radius 1 is 0.811 bits per heavy atom. The van der Waals surface area contributed by atoms with Gasteiger partial charge in [-0.1, -0.05) is 91.3 Å². The van der Waals surface area contributed by atoms with Crippen LogP contribution in [0.3, 0.4) is 0 Å². The van der Waals surface area contributed by atoms with Gasteiger partial charge in [-0.25, -0.2) is 9.59 Å². The summed E-state index contributed by atoms with van der Waals surface area (Å²) in [5.41, 5.74) is -0.161. The number of terminal acetylenes is 1. The van der Waals surface area contributed by atoms with E-state index in [-0.39, 0.29) is 36.1 Å². The molecule has 4 rings (SSSR count). The van der Waals surface area contributed by atoms with Crippen molar-refractivity contribution in [2.45, 2.75) is 194 Å². The number of benzene rings is 2. The Bertz CT molecular complexity index is 2870. The number of nitro groups is 1. The maximum absolute atomic E-state index is 14.9. The summed E-state index contributed by atoms with van der Waals surface area (Å²) in [6.45, 7) is 17.4. The van der Waals surface area contributed by atoms with E-state index >= 15 is 0 Å². The molecular weight excluding hydrogens is 1180 g/mol. The summed E-state index contributed by atoms with van der Waals surface area (Å²) in [5, 5.41) is 29.5. The number of nitrogens with zero attached hydrogens (tertiary/aromatic N) is 4. The number of hydrogen-bond acceptors (Lipinski definition) is 21. The molecule has 1 unspecified atom stereocenters. The largest absolute Gasteiger partial charge is 0.467 e. The molecule has 0 bridgehead atoms. The summed E-state index contributed by atoms with van der Waals surface area (Å²) in [5.74, 6) is -6.18. The molecule has 2 saturated heterocycles. The fourth-order valence-electron chi connectivity index (χ4n) is 11.5. The van der Waals surface area contributed by atoms with Crippen LogP contribution in [-0.4, -0.2) is 193 Å². The highest BCUT2D eigenvalue weighted by Gasteiger charge is 2.56. The highest BCUT2D eigenvalue weighted by atomic mass is 16.7. The number of likely N-dealkylation sites (N-methyl/N-ethyl adjacent to an activating group) is 2. The normalized spacial score (nSPS) is 21.4. The highest BCUT2D eigenvalue weighted by molar-refractivity contribution is 5.92. The Labute approximate surface area is 525 Å². The van der Waals surface area contributed by atoms with Crippen LogP contribution < -0.4 is 15.4 Å². The van der Waals surface area contributed by atoms with Crippen LogP contribution in [0.5, 0.6) is 5.75 Å². The first-order valence-corrected chi connectivity index (χ1v) is 29.9. The molecule has 2 heterocycles. The molecular formula is C63H90N6O21. The first-order valence-electron chi connectivity index (χ1n) is 29.9. The SMILES string of the molecule is C#CCC(OC(=O)N(C)[C@H](C(=O)N[C@H](C(=O)N(C)[C@@H]([C@@H](C)CC)[C@@H](CC(=O)N1CCC[C@H]1[C@H](OC)[C@@H](C)C(=O)N[C@H](C)[C@@H](O)c1ccccc1)OC)C(C)C)C(C)C)c1ccc(O[C@@H]2O[C@H](C(=O)OC)[C@@H](OC(C)=O)[C@H](OC(C)=O)[C@H]2OC(C)=O)c([N+](=O)[O-])c1. The summed E-state index contributed by atoms with van der Waals surface area (Å²) in [6, 6.07) is 8.03. The summed E-state index contributed by atoms with van der Waals surface area (Å²) >= 11 is 0. The second-order valence-electron chi connectivity index (χ2n) is 23.3. The van der Waals surface area contributed by atoms with Gasteiger partial charge >= 0.3 is 35.7 Å². The molecule has 16 atom stereocenters. The number of nitrogens with one attached hydrogen (secondary N) is 2. The van der Waals surface area contributed by atoms with Gasteiger partial charge in [-0.2, -0.15) is 0 Å². The number of likely N-dealkylation sites (tertiary alicyclic amines) is 1. The zero-order valence-electron chi connectivity index (χ0n) is 54.2.